The lowest BCUT2D eigenvalue weighted by Crippen LogP contribution is -2.30. The molecule has 0 fully saturated rings. The van der Waals surface area contributed by atoms with Gasteiger partial charge in [-0.2, -0.15) is 0 Å². The molecule has 0 amide bonds. The largest absolute Gasteiger partial charge is 0.334 e. The van der Waals surface area contributed by atoms with E-state index in [0.717, 1.165) is 85.7 Å². The van der Waals surface area contributed by atoms with E-state index in [-0.39, 0.29) is 6.04 Å². The second-order valence-electron chi connectivity index (χ2n) is 23.7. The third-order valence-electron chi connectivity index (χ3n) is 17.8. The zero-order valence-electron chi connectivity index (χ0n) is 52.1. The van der Waals surface area contributed by atoms with Crippen molar-refractivity contribution in [2.24, 2.45) is 0 Å². The average Bonchev–Trinajstić information content (AvgIpc) is 0.989. The van der Waals surface area contributed by atoms with Crippen molar-refractivity contribution < 1.29 is 0 Å². The fourth-order valence-corrected chi connectivity index (χ4v) is 13.0. The minimum absolute atomic E-state index is 0.138. The number of para-hydroxylation sites is 4. The average molecular weight is 1210 g/mol. The van der Waals surface area contributed by atoms with Crippen LogP contribution in [0.25, 0.3) is 61.2 Å². The molecule has 15 rings (SSSR count). The lowest BCUT2D eigenvalue weighted by atomic mass is 9.95. The fraction of sp³-hybridized carbons (Fsp3) is 0.0222. The van der Waals surface area contributed by atoms with Crippen LogP contribution in [0.15, 0.2) is 394 Å². The highest BCUT2D eigenvalue weighted by atomic mass is 15.2. The summed E-state index contributed by atoms with van der Waals surface area (Å²) in [5.74, 6) is 0. The topological polar surface area (TPSA) is 13.0 Å². The van der Waals surface area contributed by atoms with Crippen molar-refractivity contribution >= 4 is 68.1 Å². The van der Waals surface area contributed by atoms with Crippen molar-refractivity contribution in [2.45, 2.75) is 12.5 Å². The Morgan fingerprint density at radius 3 is 0.628 bits per heavy atom. The number of allylic oxidation sites excluding steroid dienone is 2. The van der Waals surface area contributed by atoms with Gasteiger partial charge < -0.3 is 19.6 Å². The number of hydrogen-bond donors (Lipinski definition) is 0. The van der Waals surface area contributed by atoms with Crippen molar-refractivity contribution in [2.75, 3.05) is 19.6 Å². The van der Waals surface area contributed by atoms with Crippen LogP contribution in [-0.2, 0) is 0 Å². The van der Waals surface area contributed by atoms with Crippen molar-refractivity contribution in [3.63, 3.8) is 0 Å². The second-order valence-corrected chi connectivity index (χ2v) is 23.7. The first-order valence-corrected chi connectivity index (χ1v) is 32.3. The van der Waals surface area contributed by atoms with E-state index in [1.54, 1.807) is 0 Å². The molecule has 0 spiro atoms. The van der Waals surface area contributed by atoms with Gasteiger partial charge in [-0.1, -0.05) is 261 Å². The Hall–Kier alpha value is -12.2. The van der Waals surface area contributed by atoms with E-state index in [1.165, 1.54) is 50.1 Å². The Labute approximate surface area is 552 Å². The summed E-state index contributed by atoms with van der Waals surface area (Å²) < 4.78 is 0. The molecule has 0 bridgehead atoms. The first-order chi connectivity index (χ1) is 46.6. The highest BCUT2D eigenvalue weighted by molar-refractivity contribution is 5.85. The number of hydrogen-bond acceptors (Lipinski definition) is 4. The minimum atomic E-state index is 0.138. The van der Waals surface area contributed by atoms with Gasteiger partial charge in [0.15, 0.2) is 0 Å². The number of benzene rings is 14. The van der Waals surface area contributed by atoms with Gasteiger partial charge in [0.05, 0.1) is 6.04 Å². The van der Waals surface area contributed by atoms with E-state index < -0.39 is 0 Å². The van der Waals surface area contributed by atoms with Crippen LogP contribution in [0.4, 0.5) is 62.6 Å². The van der Waals surface area contributed by atoms with E-state index in [4.69, 9.17) is 0 Å². The van der Waals surface area contributed by atoms with E-state index in [1.807, 2.05) is 0 Å². The summed E-state index contributed by atoms with van der Waals surface area (Å²) in [4.78, 5) is 9.43. The predicted octanol–water partition coefficient (Wildman–Crippen LogP) is 25.0. The van der Waals surface area contributed by atoms with Gasteiger partial charge in [0.25, 0.3) is 0 Å². The molecule has 0 aliphatic heterocycles. The maximum absolute atomic E-state index is 2.46. The van der Waals surface area contributed by atoms with Gasteiger partial charge in [0, 0.05) is 62.6 Å². The Morgan fingerprint density at radius 1 is 0.181 bits per heavy atom. The lowest BCUT2D eigenvalue weighted by Gasteiger charge is -2.33. The summed E-state index contributed by atoms with van der Waals surface area (Å²) in [7, 11) is 0. The third-order valence-corrected chi connectivity index (χ3v) is 17.8. The standard InChI is InChI=1S/C90H68N4/c1-7-19-67(20-8-1)71-35-51-83(52-36-71)91(79-23-11-3-12-24-79)87-59-43-75(44-60-87)77-47-63-89(64-48-77)93(81-27-15-5-16-28-81)85-55-39-73(40-56-85)69-31-33-70(34-32-69)74-41-57-86(58-42-74)94(82-29-17-6-18-30-82)90-65-49-78(50-66-90)76-45-61-88(62-46-76)92(80-25-13-4-14-26-80)84-53-37-72(38-54-84)68-21-9-2-10-22-68/h1-65,90H,66H2. The van der Waals surface area contributed by atoms with Gasteiger partial charge in [-0.25, -0.2) is 0 Å². The summed E-state index contributed by atoms with van der Waals surface area (Å²) in [6.45, 7) is 0. The van der Waals surface area contributed by atoms with E-state index in [0.29, 0.717) is 0 Å². The van der Waals surface area contributed by atoms with Crippen LogP contribution in [0.5, 0.6) is 0 Å². The molecule has 0 heterocycles. The van der Waals surface area contributed by atoms with Crippen LogP contribution in [0.3, 0.4) is 0 Å². The molecule has 4 nitrogen and oxygen atoms in total. The van der Waals surface area contributed by atoms with Crippen LogP contribution in [0.2, 0.25) is 0 Å². The summed E-state index contributed by atoms with van der Waals surface area (Å²) in [6, 6.07) is 135. The molecule has 1 aliphatic carbocycles. The zero-order chi connectivity index (χ0) is 62.8. The molecule has 1 aliphatic rings. The quantitative estimate of drug-likeness (QED) is 0.0849. The molecule has 448 valence electrons. The predicted molar refractivity (Wildman–Crippen MR) is 398 cm³/mol. The van der Waals surface area contributed by atoms with Crippen LogP contribution in [0, 0.1) is 0 Å². The van der Waals surface area contributed by atoms with Gasteiger partial charge >= 0.3 is 0 Å². The van der Waals surface area contributed by atoms with Gasteiger partial charge in [-0.15, -0.1) is 0 Å². The highest BCUT2D eigenvalue weighted by Crippen LogP contribution is 2.42. The molecule has 1 atom stereocenters. The minimum Gasteiger partial charge on any atom is -0.334 e. The van der Waals surface area contributed by atoms with Gasteiger partial charge in [-0.3, -0.25) is 0 Å². The first kappa shape index (κ1) is 58.2. The Balaban J connectivity index is 0.618. The van der Waals surface area contributed by atoms with Crippen molar-refractivity contribution in [3.05, 3.63) is 400 Å². The summed E-state index contributed by atoms with van der Waals surface area (Å²) >= 11 is 0. The monoisotopic (exact) mass is 1200 g/mol. The maximum atomic E-state index is 2.46. The summed E-state index contributed by atoms with van der Waals surface area (Å²) in [5, 5.41) is 0. The summed E-state index contributed by atoms with van der Waals surface area (Å²) in [6.07, 6.45) is 7.92. The molecule has 1 unspecified atom stereocenters. The highest BCUT2D eigenvalue weighted by Gasteiger charge is 2.22. The van der Waals surface area contributed by atoms with Gasteiger partial charge in [0.1, 0.15) is 0 Å². The molecule has 0 aromatic heterocycles. The molecule has 0 N–H and O–H groups in total. The normalized spacial score (nSPS) is 12.6. The van der Waals surface area contributed by atoms with Gasteiger partial charge in [-0.05, 0) is 207 Å². The van der Waals surface area contributed by atoms with E-state index in [2.05, 4.69) is 414 Å². The second kappa shape index (κ2) is 27.1. The molecule has 4 heteroatoms. The molecule has 0 radical (unpaired) electrons. The Bertz CT molecular complexity index is 4810. The van der Waals surface area contributed by atoms with Crippen molar-refractivity contribution in [3.8, 4) is 55.6 Å². The van der Waals surface area contributed by atoms with Crippen LogP contribution in [-0.4, -0.2) is 6.04 Å². The Morgan fingerprint density at radius 2 is 0.372 bits per heavy atom. The molecule has 94 heavy (non-hydrogen) atoms. The lowest BCUT2D eigenvalue weighted by molar-refractivity contribution is 0.787. The van der Waals surface area contributed by atoms with Crippen LogP contribution in [0.1, 0.15) is 12.0 Å². The number of rotatable bonds is 18. The van der Waals surface area contributed by atoms with Crippen molar-refractivity contribution in [1.82, 2.24) is 0 Å². The number of nitrogens with zero attached hydrogens (tertiary/aromatic N) is 4. The summed E-state index contributed by atoms with van der Waals surface area (Å²) in [5.41, 5.74) is 26.5. The maximum Gasteiger partial charge on any atom is 0.0560 e. The smallest absolute Gasteiger partial charge is 0.0560 e. The SMILES string of the molecule is C1=CC(N(c2ccccc2)c2ccc(-c3ccc(-c4ccc(N(c5ccccc5)c5ccc(-c6ccc(N(c7ccccc7)c7ccc(-c8ccccc8)cc7)cc6)cc5)cc4)cc3)cc2)CC=C1c1ccc(N(c2ccccc2)c2ccc(-c3ccccc3)cc2)cc1. The van der Waals surface area contributed by atoms with E-state index >= 15 is 0 Å². The fourth-order valence-electron chi connectivity index (χ4n) is 13.0. The molecular formula is C90H68N4. The molecule has 0 saturated carbocycles. The molecule has 0 saturated heterocycles. The zero-order valence-corrected chi connectivity index (χ0v) is 52.1. The van der Waals surface area contributed by atoms with Crippen molar-refractivity contribution in [1.29, 1.82) is 0 Å². The molecule has 14 aromatic carbocycles. The first-order valence-electron chi connectivity index (χ1n) is 32.3. The van der Waals surface area contributed by atoms with Crippen LogP contribution < -0.4 is 19.6 Å². The Kier molecular flexibility index (Phi) is 16.7. The third kappa shape index (κ3) is 12.7. The molecule has 14 aromatic rings. The van der Waals surface area contributed by atoms with Gasteiger partial charge in [0.2, 0.25) is 0 Å². The molecular weight excluding hydrogens is 1140 g/mol. The van der Waals surface area contributed by atoms with E-state index in [9.17, 15) is 0 Å². The number of anilines is 11. The van der Waals surface area contributed by atoms with Crippen LogP contribution >= 0.6 is 0 Å².